The van der Waals surface area contributed by atoms with Gasteiger partial charge < -0.3 is 15.3 Å². The summed E-state index contributed by atoms with van der Waals surface area (Å²) in [6.07, 6.45) is 2.65. The maximum Gasteiger partial charge on any atom is 0.326 e. The molecule has 5 heteroatoms. The lowest BCUT2D eigenvalue weighted by Gasteiger charge is -2.37. The van der Waals surface area contributed by atoms with Crippen LogP contribution in [0, 0.1) is 11.3 Å². The maximum atomic E-state index is 12.1. The zero-order valence-corrected chi connectivity index (χ0v) is 12.4. The number of nitrogens with zero attached hydrogens (tertiary/aromatic N) is 1. The highest BCUT2D eigenvalue weighted by Crippen LogP contribution is 2.29. The number of hydrogen-bond acceptors (Lipinski definition) is 2. The van der Waals surface area contributed by atoms with Crippen molar-refractivity contribution >= 4 is 12.0 Å². The summed E-state index contributed by atoms with van der Waals surface area (Å²) in [6, 6.07) is -1.05. The number of carboxylic acid groups (broad SMARTS) is 1. The number of amides is 2. The van der Waals surface area contributed by atoms with Crippen LogP contribution in [-0.2, 0) is 4.79 Å². The molecule has 1 saturated heterocycles. The fourth-order valence-electron chi connectivity index (χ4n) is 2.22. The Bertz CT molecular complexity index is 332. The second kappa shape index (κ2) is 6.26. The molecule has 0 saturated carbocycles. The fourth-order valence-corrected chi connectivity index (χ4v) is 2.22. The number of carboxylic acids is 1. The molecule has 0 bridgehead atoms. The average Bonchev–Trinajstić information content (AvgIpc) is 2.34. The summed E-state index contributed by atoms with van der Waals surface area (Å²) in [7, 11) is 0. The quantitative estimate of drug-likeness (QED) is 0.823. The molecular weight excluding hydrogens is 244 g/mol. The number of piperidine rings is 1. The first-order valence-corrected chi connectivity index (χ1v) is 7.05. The first-order chi connectivity index (χ1) is 8.76. The fraction of sp³-hybridized carbons (Fsp3) is 0.857. The van der Waals surface area contributed by atoms with Gasteiger partial charge in [-0.1, -0.05) is 34.1 Å². The van der Waals surface area contributed by atoms with Gasteiger partial charge >= 0.3 is 12.0 Å². The molecule has 1 aliphatic heterocycles. The summed E-state index contributed by atoms with van der Waals surface area (Å²) in [5.74, 6) is -1.03. The second-order valence-corrected chi connectivity index (χ2v) is 6.30. The molecule has 0 spiro atoms. The minimum Gasteiger partial charge on any atom is -0.480 e. The SMILES string of the molecule is CC[C@H](C)[C@H](NC(=O)N1CCC(C)(C)CC1)C(=O)O. The predicted octanol–water partition coefficient (Wildman–Crippen LogP) is 2.32. The Morgan fingerprint density at radius 2 is 1.84 bits per heavy atom. The Hall–Kier alpha value is -1.26. The number of urea groups is 1. The molecule has 0 radical (unpaired) electrons. The van der Waals surface area contributed by atoms with Crippen molar-refractivity contribution in [3.05, 3.63) is 0 Å². The van der Waals surface area contributed by atoms with Gasteiger partial charge in [-0.05, 0) is 24.2 Å². The summed E-state index contributed by atoms with van der Waals surface area (Å²) in [4.78, 5) is 25.0. The van der Waals surface area contributed by atoms with E-state index in [0.29, 0.717) is 13.1 Å². The van der Waals surface area contributed by atoms with Crippen LogP contribution in [0.3, 0.4) is 0 Å². The minimum atomic E-state index is -0.958. The van der Waals surface area contributed by atoms with Crippen molar-refractivity contribution < 1.29 is 14.7 Å². The smallest absolute Gasteiger partial charge is 0.326 e. The van der Waals surface area contributed by atoms with Crippen LogP contribution >= 0.6 is 0 Å². The first kappa shape index (κ1) is 15.8. The van der Waals surface area contributed by atoms with Crippen LogP contribution in [0.5, 0.6) is 0 Å². The van der Waals surface area contributed by atoms with E-state index in [-0.39, 0.29) is 17.4 Å². The molecule has 1 heterocycles. The number of nitrogens with one attached hydrogen (secondary N) is 1. The minimum absolute atomic E-state index is 0.0670. The van der Waals surface area contributed by atoms with Crippen molar-refractivity contribution in [3.8, 4) is 0 Å². The third-order valence-corrected chi connectivity index (χ3v) is 4.16. The number of carbonyl (C=O) groups excluding carboxylic acids is 1. The summed E-state index contributed by atoms with van der Waals surface area (Å²) in [6.45, 7) is 9.56. The van der Waals surface area contributed by atoms with E-state index in [1.807, 2.05) is 13.8 Å². The van der Waals surface area contributed by atoms with Gasteiger partial charge in [-0.25, -0.2) is 9.59 Å². The van der Waals surface area contributed by atoms with E-state index in [9.17, 15) is 14.7 Å². The molecular formula is C14H26N2O3. The van der Waals surface area contributed by atoms with Crippen LogP contribution in [-0.4, -0.2) is 41.1 Å². The van der Waals surface area contributed by atoms with Gasteiger partial charge in [0, 0.05) is 13.1 Å². The zero-order valence-electron chi connectivity index (χ0n) is 12.4. The van der Waals surface area contributed by atoms with E-state index in [1.54, 1.807) is 4.90 Å². The molecule has 0 aromatic heterocycles. The van der Waals surface area contributed by atoms with Crippen molar-refractivity contribution in [2.24, 2.45) is 11.3 Å². The van der Waals surface area contributed by atoms with Crippen molar-refractivity contribution in [2.75, 3.05) is 13.1 Å². The van der Waals surface area contributed by atoms with Crippen LogP contribution in [0.2, 0.25) is 0 Å². The molecule has 0 unspecified atom stereocenters. The third-order valence-electron chi connectivity index (χ3n) is 4.16. The van der Waals surface area contributed by atoms with Crippen LogP contribution in [0.25, 0.3) is 0 Å². The van der Waals surface area contributed by atoms with E-state index >= 15 is 0 Å². The topological polar surface area (TPSA) is 69.6 Å². The predicted molar refractivity (Wildman–Crippen MR) is 74.0 cm³/mol. The van der Waals surface area contributed by atoms with Gasteiger partial charge in [-0.3, -0.25) is 0 Å². The lowest BCUT2D eigenvalue weighted by atomic mass is 9.83. The number of aliphatic carboxylic acids is 1. The van der Waals surface area contributed by atoms with Gasteiger partial charge in [-0.15, -0.1) is 0 Å². The van der Waals surface area contributed by atoms with Crippen molar-refractivity contribution in [1.29, 1.82) is 0 Å². The maximum absolute atomic E-state index is 12.1. The normalized spacial score (nSPS) is 21.6. The van der Waals surface area contributed by atoms with E-state index < -0.39 is 12.0 Å². The highest BCUT2D eigenvalue weighted by molar-refractivity contribution is 5.82. The van der Waals surface area contributed by atoms with Gasteiger partial charge in [0.25, 0.3) is 0 Å². The van der Waals surface area contributed by atoms with Gasteiger partial charge in [0.05, 0.1) is 0 Å². The number of carbonyl (C=O) groups is 2. The molecule has 110 valence electrons. The molecule has 0 aromatic rings. The highest BCUT2D eigenvalue weighted by atomic mass is 16.4. The molecule has 2 N–H and O–H groups in total. The van der Waals surface area contributed by atoms with E-state index in [0.717, 1.165) is 19.3 Å². The zero-order chi connectivity index (χ0) is 14.6. The summed E-state index contributed by atoms with van der Waals surface area (Å²) < 4.78 is 0. The largest absolute Gasteiger partial charge is 0.480 e. The first-order valence-electron chi connectivity index (χ1n) is 7.05. The number of rotatable bonds is 4. The molecule has 0 aliphatic carbocycles. The molecule has 0 aromatic carbocycles. The Balaban J connectivity index is 2.56. The molecule has 2 amide bonds. The molecule has 5 nitrogen and oxygen atoms in total. The Morgan fingerprint density at radius 3 is 2.26 bits per heavy atom. The average molecular weight is 270 g/mol. The molecule has 1 rings (SSSR count). The monoisotopic (exact) mass is 270 g/mol. The molecule has 1 fully saturated rings. The van der Waals surface area contributed by atoms with E-state index in [1.165, 1.54) is 0 Å². The molecule has 2 atom stereocenters. The van der Waals surface area contributed by atoms with Crippen LogP contribution in [0.1, 0.15) is 47.0 Å². The van der Waals surface area contributed by atoms with E-state index in [4.69, 9.17) is 0 Å². The highest BCUT2D eigenvalue weighted by Gasteiger charge is 2.31. The summed E-state index contributed by atoms with van der Waals surface area (Å²) >= 11 is 0. The number of hydrogen-bond donors (Lipinski definition) is 2. The van der Waals surface area contributed by atoms with Crippen molar-refractivity contribution in [3.63, 3.8) is 0 Å². The van der Waals surface area contributed by atoms with E-state index in [2.05, 4.69) is 19.2 Å². The summed E-state index contributed by atoms with van der Waals surface area (Å²) in [5, 5.41) is 11.8. The van der Waals surface area contributed by atoms with Gasteiger partial charge in [0.2, 0.25) is 0 Å². The van der Waals surface area contributed by atoms with Crippen molar-refractivity contribution in [1.82, 2.24) is 10.2 Å². The standard InChI is InChI=1S/C14H26N2O3/c1-5-10(2)11(12(17)18)15-13(19)16-8-6-14(3,4)7-9-16/h10-11H,5-9H2,1-4H3,(H,15,19)(H,17,18)/t10-,11-/m0/s1. The van der Waals surface area contributed by atoms with Crippen LogP contribution in [0.15, 0.2) is 0 Å². The van der Waals surface area contributed by atoms with Crippen LogP contribution < -0.4 is 5.32 Å². The molecule has 1 aliphatic rings. The van der Waals surface area contributed by atoms with Gasteiger partial charge in [0.15, 0.2) is 0 Å². The number of likely N-dealkylation sites (tertiary alicyclic amines) is 1. The van der Waals surface area contributed by atoms with Crippen molar-refractivity contribution in [2.45, 2.75) is 53.0 Å². The Morgan fingerprint density at radius 1 is 1.32 bits per heavy atom. The Labute approximate surface area is 115 Å². The third kappa shape index (κ3) is 4.40. The lowest BCUT2D eigenvalue weighted by Crippen LogP contribution is -2.52. The molecule has 19 heavy (non-hydrogen) atoms. The van der Waals surface area contributed by atoms with Gasteiger partial charge in [-0.2, -0.15) is 0 Å². The van der Waals surface area contributed by atoms with Crippen LogP contribution in [0.4, 0.5) is 4.79 Å². The second-order valence-electron chi connectivity index (χ2n) is 6.30. The Kier molecular flexibility index (Phi) is 5.20. The summed E-state index contributed by atoms with van der Waals surface area (Å²) in [5.41, 5.74) is 0.277. The van der Waals surface area contributed by atoms with Gasteiger partial charge in [0.1, 0.15) is 6.04 Å². The lowest BCUT2D eigenvalue weighted by molar-refractivity contribution is -0.140.